The zero-order valence-electron chi connectivity index (χ0n) is 6.80. The summed E-state index contributed by atoms with van der Waals surface area (Å²) in [6, 6.07) is 0. The zero-order chi connectivity index (χ0) is 8.10. The molecule has 11 heavy (non-hydrogen) atoms. The molecule has 0 aliphatic carbocycles. The van der Waals surface area contributed by atoms with Crippen LogP contribution in [0.1, 0.15) is 13.3 Å². The molecule has 0 amide bonds. The molecule has 0 saturated heterocycles. The molecule has 0 unspecified atom stereocenters. The standard InChI is InChI=1S/C7H15N3O/c1-6(11)5-10-7-8-3-2-4-9-7/h6,11H,2-5H2,1H3,(H2,8,9,10)/t6-/m1/s1. The van der Waals surface area contributed by atoms with Gasteiger partial charge in [-0.25, -0.2) is 0 Å². The fourth-order valence-corrected chi connectivity index (χ4v) is 0.895. The zero-order valence-corrected chi connectivity index (χ0v) is 6.80. The largest absolute Gasteiger partial charge is 0.392 e. The molecule has 1 atom stereocenters. The number of aliphatic hydroxyl groups excluding tert-OH is 1. The van der Waals surface area contributed by atoms with Crippen LogP contribution in [0.25, 0.3) is 0 Å². The van der Waals surface area contributed by atoms with Crippen molar-refractivity contribution in [3.63, 3.8) is 0 Å². The van der Waals surface area contributed by atoms with Gasteiger partial charge in [-0.3, -0.25) is 4.99 Å². The van der Waals surface area contributed by atoms with E-state index >= 15 is 0 Å². The molecule has 3 N–H and O–H groups in total. The molecule has 1 rings (SSSR count). The number of aliphatic imine (C=N–C) groups is 1. The van der Waals surface area contributed by atoms with E-state index in [1.54, 1.807) is 6.92 Å². The average molecular weight is 157 g/mol. The number of rotatable bonds is 2. The lowest BCUT2D eigenvalue weighted by molar-refractivity contribution is 0.197. The van der Waals surface area contributed by atoms with Crippen LogP contribution in [-0.4, -0.2) is 36.8 Å². The summed E-state index contributed by atoms with van der Waals surface area (Å²) in [6.45, 7) is 4.17. The fraction of sp³-hybridized carbons (Fsp3) is 0.857. The average Bonchev–Trinajstić information content (AvgIpc) is 2.03. The van der Waals surface area contributed by atoms with Gasteiger partial charge < -0.3 is 15.7 Å². The number of hydrogen-bond donors (Lipinski definition) is 3. The van der Waals surface area contributed by atoms with E-state index < -0.39 is 0 Å². The Kier molecular flexibility index (Phi) is 3.16. The van der Waals surface area contributed by atoms with Gasteiger partial charge in [0, 0.05) is 19.6 Å². The van der Waals surface area contributed by atoms with E-state index in [9.17, 15) is 0 Å². The first-order valence-electron chi connectivity index (χ1n) is 3.99. The van der Waals surface area contributed by atoms with Crippen molar-refractivity contribution in [2.75, 3.05) is 19.6 Å². The molecule has 0 fully saturated rings. The van der Waals surface area contributed by atoms with Gasteiger partial charge in [-0.05, 0) is 13.3 Å². The molecular weight excluding hydrogens is 142 g/mol. The predicted molar refractivity (Wildman–Crippen MR) is 44.6 cm³/mol. The highest BCUT2D eigenvalue weighted by atomic mass is 16.3. The summed E-state index contributed by atoms with van der Waals surface area (Å²) in [6.07, 6.45) is 0.779. The summed E-state index contributed by atoms with van der Waals surface area (Å²) in [5, 5.41) is 15.0. The van der Waals surface area contributed by atoms with Crippen LogP contribution in [0, 0.1) is 0 Å². The van der Waals surface area contributed by atoms with Gasteiger partial charge in [-0.2, -0.15) is 0 Å². The molecule has 0 aromatic carbocycles. The summed E-state index contributed by atoms with van der Waals surface area (Å²) in [4.78, 5) is 4.18. The normalized spacial score (nSPS) is 20.0. The Morgan fingerprint density at radius 1 is 1.82 bits per heavy atom. The first-order chi connectivity index (χ1) is 5.29. The fourth-order valence-electron chi connectivity index (χ4n) is 0.895. The molecule has 64 valence electrons. The van der Waals surface area contributed by atoms with Gasteiger partial charge >= 0.3 is 0 Å². The summed E-state index contributed by atoms with van der Waals surface area (Å²) in [7, 11) is 0. The Balaban J connectivity index is 2.19. The minimum Gasteiger partial charge on any atom is -0.392 e. The van der Waals surface area contributed by atoms with E-state index in [1.165, 1.54) is 0 Å². The van der Waals surface area contributed by atoms with Gasteiger partial charge in [0.25, 0.3) is 0 Å². The van der Waals surface area contributed by atoms with Crippen LogP contribution < -0.4 is 10.6 Å². The molecule has 1 heterocycles. The van der Waals surface area contributed by atoms with Crippen LogP contribution in [0.4, 0.5) is 0 Å². The third-order valence-electron chi connectivity index (χ3n) is 1.46. The summed E-state index contributed by atoms with van der Waals surface area (Å²) in [5.41, 5.74) is 0. The van der Waals surface area contributed by atoms with Crippen molar-refractivity contribution in [1.82, 2.24) is 10.6 Å². The second-order valence-electron chi connectivity index (χ2n) is 2.74. The number of hydrogen-bond acceptors (Lipinski definition) is 4. The van der Waals surface area contributed by atoms with Gasteiger partial charge in [-0.15, -0.1) is 0 Å². The quantitative estimate of drug-likeness (QED) is 0.497. The van der Waals surface area contributed by atoms with Crippen molar-refractivity contribution in [2.24, 2.45) is 4.99 Å². The van der Waals surface area contributed by atoms with E-state index in [2.05, 4.69) is 15.6 Å². The van der Waals surface area contributed by atoms with E-state index in [1.807, 2.05) is 0 Å². The van der Waals surface area contributed by atoms with Crippen LogP contribution in [-0.2, 0) is 0 Å². The second-order valence-corrected chi connectivity index (χ2v) is 2.74. The molecule has 1 aliphatic heterocycles. The first-order valence-corrected chi connectivity index (χ1v) is 3.99. The first kappa shape index (κ1) is 8.33. The molecule has 4 heteroatoms. The molecule has 1 aliphatic rings. The molecule has 0 saturated carbocycles. The smallest absolute Gasteiger partial charge is 0.191 e. The van der Waals surface area contributed by atoms with Crippen LogP contribution in [0.5, 0.6) is 0 Å². The van der Waals surface area contributed by atoms with E-state index in [4.69, 9.17) is 5.11 Å². The summed E-state index contributed by atoms with van der Waals surface area (Å²) >= 11 is 0. The molecule has 0 aromatic heterocycles. The van der Waals surface area contributed by atoms with Gasteiger partial charge in [0.15, 0.2) is 5.96 Å². The van der Waals surface area contributed by atoms with Crippen LogP contribution >= 0.6 is 0 Å². The van der Waals surface area contributed by atoms with Crippen molar-refractivity contribution in [3.05, 3.63) is 0 Å². The second kappa shape index (κ2) is 4.18. The predicted octanol–water partition coefficient (Wildman–Crippen LogP) is -0.694. The van der Waals surface area contributed by atoms with Crippen molar-refractivity contribution in [3.8, 4) is 0 Å². The maximum Gasteiger partial charge on any atom is 0.191 e. The van der Waals surface area contributed by atoms with Gasteiger partial charge in [-0.1, -0.05) is 0 Å². The highest BCUT2D eigenvalue weighted by Gasteiger charge is 2.03. The summed E-state index contributed by atoms with van der Waals surface area (Å²) in [5.74, 6) is 0.817. The number of aliphatic hydroxyl groups is 1. The minimum atomic E-state index is -0.318. The Labute approximate surface area is 66.7 Å². The number of nitrogens with one attached hydrogen (secondary N) is 2. The lowest BCUT2D eigenvalue weighted by Crippen LogP contribution is -2.43. The van der Waals surface area contributed by atoms with Crippen LogP contribution in [0.15, 0.2) is 4.99 Å². The third kappa shape index (κ3) is 3.23. The molecule has 4 nitrogen and oxygen atoms in total. The van der Waals surface area contributed by atoms with Crippen molar-refractivity contribution in [1.29, 1.82) is 0 Å². The Morgan fingerprint density at radius 3 is 3.18 bits per heavy atom. The maximum absolute atomic E-state index is 8.94. The maximum atomic E-state index is 8.94. The lowest BCUT2D eigenvalue weighted by atomic mass is 10.4. The molecule has 0 aromatic rings. The van der Waals surface area contributed by atoms with Crippen molar-refractivity contribution < 1.29 is 5.11 Å². The van der Waals surface area contributed by atoms with Gasteiger partial charge in [0.1, 0.15) is 0 Å². The van der Waals surface area contributed by atoms with Crippen LogP contribution in [0.3, 0.4) is 0 Å². The minimum absolute atomic E-state index is 0.318. The molecular formula is C7H15N3O. The van der Waals surface area contributed by atoms with Gasteiger partial charge in [0.2, 0.25) is 0 Å². The monoisotopic (exact) mass is 157 g/mol. The SMILES string of the molecule is C[C@@H](O)CNC1=NCCCN1. The van der Waals surface area contributed by atoms with Crippen LogP contribution in [0.2, 0.25) is 0 Å². The van der Waals surface area contributed by atoms with Gasteiger partial charge in [0.05, 0.1) is 6.10 Å². The van der Waals surface area contributed by atoms with E-state index in [-0.39, 0.29) is 6.10 Å². The molecule has 0 spiro atoms. The van der Waals surface area contributed by atoms with E-state index in [0.29, 0.717) is 6.54 Å². The number of nitrogens with zero attached hydrogens (tertiary/aromatic N) is 1. The Hall–Kier alpha value is -0.770. The molecule has 0 radical (unpaired) electrons. The van der Waals surface area contributed by atoms with Crippen molar-refractivity contribution >= 4 is 5.96 Å². The molecule has 0 bridgehead atoms. The third-order valence-corrected chi connectivity index (χ3v) is 1.46. The highest BCUT2D eigenvalue weighted by molar-refractivity contribution is 5.80. The highest BCUT2D eigenvalue weighted by Crippen LogP contribution is 1.86. The Morgan fingerprint density at radius 2 is 2.64 bits per heavy atom. The number of guanidine groups is 1. The summed E-state index contributed by atoms with van der Waals surface area (Å²) < 4.78 is 0. The lowest BCUT2D eigenvalue weighted by Gasteiger charge is -2.16. The van der Waals surface area contributed by atoms with E-state index in [0.717, 1.165) is 25.5 Å². The topological polar surface area (TPSA) is 56.6 Å². The van der Waals surface area contributed by atoms with Crippen molar-refractivity contribution in [2.45, 2.75) is 19.4 Å². The Bertz CT molecular complexity index is 145.